The SMILES string of the molecule is CCSC1=C(c2cccs2)C(=O)N(C2CCN(Cc3ccccc3)CC2)C1=O. The van der Waals surface area contributed by atoms with E-state index in [0.29, 0.717) is 10.5 Å². The summed E-state index contributed by atoms with van der Waals surface area (Å²) in [5, 5.41) is 1.96. The Morgan fingerprint density at radius 3 is 2.43 bits per heavy atom. The summed E-state index contributed by atoms with van der Waals surface area (Å²) in [6.45, 7) is 4.75. The minimum absolute atomic E-state index is 0.00283. The molecule has 4 nitrogen and oxygen atoms in total. The first kappa shape index (κ1) is 19.4. The van der Waals surface area contributed by atoms with Crippen molar-refractivity contribution in [1.29, 1.82) is 0 Å². The minimum Gasteiger partial charge on any atom is -0.299 e. The third-order valence-corrected chi connectivity index (χ3v) is 7.14. The fourth-order valence-electron chi connectivity index (χ4n) is 3.95. The second-order valence-corrected chi connectivity index (χ2v) is 9.31. The van der Waals surface area contributed by atoms with Gasteiger partial charge < -0.3 is 0 Å². The van der Waals surface area contributed by atoms with Gasteiger partial charge in [0, 0.05) is 30.6 Å². The maximum Gasteiger partial charge on any atom is 0.268 e. The molecule has 0 N–H and O–H groups in total. The van der Waals surface area contributed by atoms with Gasteiger partial charge in [-0.25, -0.2) is 0 Å². The smallest absolute Gasteiger partial charge is 0.268 e. The average Bonchev–Trinajstić information content (AvgIpc) is 3.31. The van der Waals surface area contributed by atoms with Gasteiger partial charge >= 0.3 is 0 Å². The van der Waals surface area contributed by atoms with E-state index in [1.807, 2.05) is 30.5 Å². The van der Waals surface area contributed by atoms with Crippen LogP contribution in [0.1, 0.15) is 30.2 Å². The molecule has 2 amide bonds. The van der Waals surface area contributed by atoms with Crippen LogP contribution in [-0.4, -0.2) is 46.5 Å². The van der Waals surface area contributed by atoms with Crippen molar-refractivity contribution in [3.05, 3.63) is 63.2 Å². The van der Waals surface area contributed by atoms with Crippen LogP contribution >= 0.6 is 23.1 Å². The van der Waals surface area contributed by atoms with Crippen LogP contribution in [0.25, 0.3) is 5.57 Å². The van der Waals surface area contributed by atoms with E-state index in [1.54, 1.807) is 4.90 Å². The molecule has 2 aromatic rings. The van der Waals surface area contributed by atoms with Crippen molar-refractivity contribution in [2.45, 2.75) is 32.4 Å². The molecule has 6 heteroatoms. The zero-order valence-electron chi connectivity index (χ0n) is 16.0. The lowest BCUT2D eigenvalue weighted by Crippen LogP contribution is -2.47. The molecule has 0 aliphatic carbocycles. The van der Waals surface area contributed by atoms with E-state index in [0.717, 1.165) is 43.1 Å². The van der Waals surface area contributed by atoms with Crippen LogP contribution < -0.4 is 0 Å². The predicted octanol–water partition coefficient (Wildman–Crippen LogP) is 4.25. The summed E-state index contributed by atoms with van der Waals surface area (Å²) in [6.07, 6.45) is 1.68. The number of piperidine rings is 1. The van der Waals surface area contributed by atoms with Gasteiger partial charge in [-0.1, -0.05) is 43.3 Å². The lowest BCUT2D eigenvalue weighted by molar-refractivity contribution is -0.140. The average molecular weight is 413 g/mol. The molecule has 1 aromatic heterocycles. The third-order valence-electron chi connectivity index (χ3n) is 5.30. The zero-order valence-corrected chi connectivity index (χ0v) is 17.6. The van der Waals surface area contributed by atoms with Crippen molar-refractivity contribution in [2.24, 2.45) is 0 Å². The molecule has 146 valence electrons. The Kier molecular flexibility index (Phi) is 5.99. The van der Waals surface area contributed by atoms with Crippen LogP contribution in [0, 0.1) is 0 Å². The van der Waals surface area contributed by atoms with E-state index in [-0.39, 0.29) is 17.9 Å². The van der Waals surface area contributed by atoms with Gasteiger partial charge in [0.2, 0.25) is 0 Å². The number of thioether (sulfide) groups is 1. The maximum absolute atomic E-state index is 13.2. The van der Waals surface area contributed by atoms with Crippen LogP contribution in [0.2, 0.25) is 0 Å². The number of thiophene rings is 1. The Morgan fingerprint density at radius 1 is 1.04 bits per heavy atom. The molecule has 4 rings (SSSR count). The molecule has 1 saturated heterocycles. The van der Waals surface area contributed by atoms with E-state index >= 15 is 0 Å². The van der Waals surface area contributed by atoms with Crippen molar-refractivity contribution in [3.8, 4) is 0 Å². The Balaban J connectivity index is 1.46. The maximum atomic E-state index is 13.2. The molecule has 0 bridgehead atoms. The van der Waals surface area contributed by atoms with Gasteiger partial charge in [0.15, 0.2) is 0 Å². The minimum atomic E-state index is -0.107. The fourth-order valence-corrected chi connectivity index (χ4v) is 5.64. The molecule has 0 saturated carbocycles. The highest BCUT2D eigenvalue weighted by molar-refractivity contribution is 8.04. The van der Waals surface area contributed by atoms with E-state index in [2.05, 4.69) is 29.2 Å². The molecular weight excluding hydrogens is 388 g/mol. The van der Waals surface area contributed by atoms with Crippen LogP contribution in [0.3, 0.4) is 0 Å². The summed E-state index contributed by atoms with van der Waals surface area (Å²) in [5.74, 6) is 0.582. The lowest BCUT2D eigenvalue weighted by Gasteiger charge is -2.36. The van der Waals surface area contributed by atoms with Gasteiger partial charge in [0.05, 0.1) is 10.5 Å². The number of likely N-dealkylation sites (tertiary alicyclic amines) is 1. The Labute approximate surface area is 174 Å². The van der Waals surface area contributed by atoms with Gasteiger partial charge in [0.1, 0.15) is 0 Å². The van der Waals surface area contributed by atoms with Gasteiger partial charge in [0.25, 0.3) is 11.8 Å². The number of nitrogens with zero attached hydrogens (tertiary/aromatic N) is 2. The standard InChI is InChI=1S/C22H24N2O2S2/c1-2-27-20-19(18-9-6-14-28-18)21(25)24(22(20)26)17-10-12-23(13-11-17)15-16-7-4-3-5-8-16/h3-9,14,17H,2,10-13,15H2,1H3. The molecule has 0 radical (unpaired) electrons. The number of benzene rings is 1. The number of carbonyl (C=O) groups excluding carboxylic acids is 2. The molecular formula is C22H24N2O2S2. The van der Waals surface area contributed by atoms with Crippen molar-refractivity contribution in [3.63, 3.8) is 0 Å². The fraction of sp³-hybridized carbons (Fsp3) is 0.364. The highest BCUT2D eigenvalue weighted by atomic mass is 32.2. The summed E-state index contributed by atoms with van der Waals surface area (Å²) in [4.78, 5) is 31.8. The van der Waals surface area contributed by atoms with Gasteiger partial charge in [-0.05, 0) is 35.6 Å². The molecule has 1 aromatic carbocycles. The highest BCUT2D eigenvalue weighted by Gasteiger charge is 2.43. The topological polar surface area (TPSA) is 40.6 Å². The van der Waals surface area contributed by atoms with E-state index in [4.69, 9.17) is 0 Å². The number of rotatable bonds is 6. The lowest BCUT2D eigenvalue weighted by atomic mass is 10.0. The summed E-state index contributed by atoms with van der Waals surface area (Å²) in [6, 6.07) is 14.3. The Morgan fingerprint density at radius 2 is 1.79 bits per heavy atom. The molecule has 2 aliphatic rings. The Hall–Kier alpha value is -1.89. The number of amides is 2. The summed E-state index contributed by atoms with van der Waals surface area (Å²) >= 11 is 3.02. The number of hydrogen-bond donors (Lipinski definition) is 0. The molecule has 0 atom stereocenters. The summed E-state index contributed by atoms with van der Waals surface area (Å²) < 4.78 is 0. The first-order valence-corrected chi connectivity index (χ1v) is 11.6. The van der Waals surface area contributed by atoms with Gasteiger partial charge in [-0.2, -0.15) is 0 Å². The highest BCUT2D eigenvalue weighted by Crippen LogP contribution is 2.39. The molecule has 0 unspecified atom stereocenters. The van der Waals surface area contributed by atoms with Crippen molar-refractivity contribution in [2.75, 3.05) is 18.8 Å². The molecule has 0 spiro atoms. The second-order valence-electron chi connectivity index (χ2n) is 7.09. The molecule has 28 heavy (non-hydrogen) atoms. The van der Waals surface area contributed by atoms with E-state index in [1.165, 1.54) is 28.7 Å². The Bertz CT molecular complexity index is 869. The number of hydrogen-bond acceptors (Lipinski definition) is 5. The van der Waals surface area contributed by atoms with Gasteiger partial charge in [-0.3, -0.25) is 19.4 Å². The van der Waals surface area contributed by atoms with Crippen molar-refractivity contribution < 1.29 is 9.59 Å². The first-order valence-electron chi connectivity index (χ1n) is 9.74. The third kappa shape index (κ3) is 3.81. The quantitative estimate of drug-likeness (QED) is 0.665. The predicted molar refractivity (Wildman–Crippen MR) is 116 cm³/mol. The van der Waals surface area contributed by atoms with E-state index < -0.39 is 0 Å². The summed E-state index contributed by atoms with van der Waals surface area (Å²) in [5.41, 5.74) is 1.91. The van der Waals surface area contributed by atoms with Crippen LogP contribution in [0.5, 0.6) is 0 Å². The monoisotopic (exact) mass is 412 g/mol. The molecule has 2 aliphatic heterocycles. The van der Waals surface area contributed by atoms with Gasteiger partial charge in [-0.15, -0.1) is 23.1 Å². The van der Waals surface area contributed by atoms with Crippen molar-refractivity contribution in [1.82, 2.24) is 9.80 Å². The van der Waals surface area contributed by atoms with Crippen LogP contribution in [-0.2, 0) is 16.1 Å². The van der Waals surface area contributed by atoms with Crippen LogP contribution in [0.4, 0.5) is 0 Å². The number of carbonyl (C=O) groups is 2. The number of imide groups is 1. The second kappa shape index (κ2) is 8.64. The molecule has 3 heterocycles. The normalized spacial score (nSPS) is 19.1. The zero-order chi connectivity index (χ0) is 19.5. The summed E-state index contributed by atoms with van der Waals surface area (Å²) in [7, 11) is 0. The first-order chi connectivity index (χ1) is 13.7. The van der Waals surface area contributed by atoms with Crippen LogP contribution in [0.15, 0.2) is 52.7 Å². The van der Waals surface area contributed by atoms with Crippen molar-refractivity contribution >= 4 is 40.5 Å². The van der Waals surface area contributed by atoms with E-state index in [9.17, 15) is 9.59 Å². The molecule has 1 fully saturated rings. The largest absolute Gasteiger partial charge is 0.299 e.